The Labute approximate surface area is 181 Å². The minimum Gasteiger partial charge on any atom is -0.464 e. The van der Waals surface area contributed by atoms with Crippen LogP contribution in [0.15, 0.2) is 51.6 Å². The number of rotatable bonds is 7. The van der Waals surface area contributed by atoms with Crippen LogP contribution in [0.25, 0.3) is 11.0 Å². The molecular weight excluding hydrogens is 452 g/mol. The monoisotopic (exact) mass is 472 g/mol. The summed E-state index contributed by atoms with van der Waals surface area (Å²) >= 11 is 3.33. The second kappa shape index (κ2) is 9.58. The standard InChI is InChI=1S/C22H21BrN2O5/c1-13-7-16-15(11-29-19(16)8-14(13)2)9-22(28)30-12-21(27)24-10-20(26)25-18-6-4-3-5-17(18)23/h3-8,11H,9-10,12H2,1-2H3,(H,24,27)(H,25,26). The first-order valence-corrected chi connectivity index (χ1v) is 10.1. The van der Waals surface area contributed by atoms with Crippen LogP contribution in [0.4, 0.5) is 5.69 Å². The Hall–Kier alpha value is -3.13. The van der Waals surface area contributed by atoms with Crippen molar-refractivity contribution >= 4 is 50.4 Å². The molecule has 0 radical (unpaired) electrons. The van der Waals surface area contributed by atoms with E-state index in [2.05, 4.69) is 26.6 Å². The topological polar surface area (TPSA) is 97.6 Å². The van der Waals surface area contributed by atoms with Crippen molar-refractivity contribution in [2.45, 2.75) is 20.3 Å². The molecule has 0 aliphatic carbocycles. The zero-order valence-corrected chi connectivity index (χ0v) is 18.2. The molecule has 3 aromatic rings. The van der Waals surface area contributed by atoms with E-state index in [0.717, 1.165) is 21.0 Å². The van der Waals surface area contributed by atoms with E-state index in [1.165, 1.54) is 6.26 Å². The number of benzene rings is 2. The molecule has 0 bridgehead atoms. The van der Waals surface area contributed by atoms with E-state index in [1.54, 1.807) is 18.2 Å². The van der Waals surface area contributed by atoms with E-state index >= 15 is 0 Å². The maximum Gasteiger partial charge on any atom is 0.310 e. The molecule has 0 unspecified atom stereocenters. The Morgan fingerprint density at radius 3 is 2.57 bits per heavy atom. The van der Waals surface area contributed by atoms with Gasteiger partial charge in [0.15, 0.2) is 6.61 Å². The Bertz CT molecular complexity index is 1110. The van der Waals surface area contributed by atoms with Crippen LogP contribution in [0.1, 0.15) is 16.7 Å². The molecule has 8 heteroatoms. The molecule has 1 heterocycles. The zero-order chi connectivity index (χ0) is 21.7. The smallest absolute Gasteiger partial charge is 0.310 e. The highest BCUT2D eigenvalue weighted by atomic mass is 79.9. The number of carbonyl (C=O) groups is 3. The van der Waals surface area contributed by atoms with Gasteiger partial charge in [0.05, 0.1) is 24.9 Å². The van der Waals surface area contributed by atoms with E-state index in [0.29, 0.717) is 16.8 Å². The summed E-state index contributed by atoms with van der Waals surface area (Å²) in [5, 5.41) is 5.93. The maximum absolute atomic E-state index is 12.1. The van der Waals surface area contributed by atoms with Gasteiger partial charge in [-0.3, -0.25) is 14.4 Å². The van der Waals surface area contributed by atoms with Crippen LogP contribution >= 0.6 is 15.9 Å². The lowest BCUT2D eigenvalue weighted by Crippen LogP contribution is -2.35. The van der Waals surface area contributed by atoms with Crippen molar-refractivity contribution < 1.29 is 23.5 Å². The quantitative estimate of drug-likeness (QED) is 0.511. The second-order valence-electron chi connectivity index (χ2n) is 6.84. The Kier molecular flexibility index (Phi) is 6.89. The summed E-state index contributed by atoms with van der Waals surface area (Å²) in [6, 6.07) is 11.0. The van der Waals surface area contributed by atoms with Crippen LogP contribution in [0.2, 0.25) is 0 Å². The maximum atomic E-state index is 12.1. The Morgan fingerprint density at radius 2 is 1.80 bits per heavy atom. The highest BCUT2D eigenvalue weighted by Crippen LogP contribution is 2.25. The van der Waals surface area contributed by atoms with Gasteiger partial charge < -0.3 is 19.8 Å². The molecule has 0 aliphatic heterocycles. The molecule has 0 saturated carbocycles. The number of hydrogen-bond donors (Lipinski definition) is 2. The summed E-state index contributed by atoms with van der Waals surface area (Å²) in [5.41, 5.74) is 4.20. The Morgan fingerprint density at radius 1 is 1.07 bits per heavy atom. The van der Waals surface area contributed by atoms with Gasteiger partial charge in [-0.15, -0.1) is 0 Å². The number of anilines is 1. The molecule has 0 saturated heterocycles. The average Bonchev–Trinajstić information content (AvgIpc) is 3.08. The number of para-hydroxylation sites is 1. The molecular formula is C22H21BrN2O5. The Balaban J connectivity index is 1.44. The van der Waals surface area contributed by atoms with Gasteiger partial charge >= 0.3 is 5.97 Å². The summed E-state index contributed by atoms with van der Waals surface area (Å²) in [6.07, 6.45) is 1.52. The molecule has 3 rings (SSSR count). The minimum atomic E-state index is -0.561. The largest absolute Gasteiger partial charge is 0.464 e. The number of halogens is 1. The van der Waals surface area contributed by atoms with Crippen LogP contribution in [0.3, 0.4) is 0 Å². The van der Waals surface area contributed by atoms with Gasteiger partial charge in [-0.1, -0.05) is 12.1 Å². The third-order valence-corrected chi connectivity index (χ3v) is 5.25. The van der Waals surface area contributed by atoms with Crippen LogP contribution in [-0.2, 0) is 25.5 Å². The molecule has 0 spiro atoms. The van der Waals surface area contributed by atoms with Gasteiger partial charge in [0.2, 0.25) is 5.91 Å². The third-order valence-electron chi connectivity index (χ3n) is 4.56. The van der Waals surface area contributed by atoms with Crippen LogP contribution in [0, 0.1) is 13.8 Å². The van der Waals surface area contributed by atoms with Crippen molar-refractivity contribution in [2.75, 3.05) is 18.5 Å². The minimum absolute atomic E-state index is 0.00863. The summed E-state index contributed by atoms with van der Waals surface area (Å²) in [5.74, 6) is -1.50. The lowest BCUT2D eigenvalue weighted by molar-refractivity contribution is -0.147. The number of fused-ring (bicyclic) bond motifs is 1. The molecule has 2 aromatic carbocycles. The lowest BCUT2D eigenvalue weighted by Gasteiger charge is -2.09. The average molecular weight is 473 g/mol. The number of ether oxygens (including phenoxy) is 1. The predicted molar refractivity (Wildman–Crippen MR) is 116 cm³/mol. The highest BCUT2D eigenvalue weighted by Gasteiger charge is 2.14. The molecule has 1 aromatic heterocycles. The zero-order valence-electron chi connectivity index (χ0n) is 16.6. The van der Waals surface area contributed by atoms with Gasteiger partial charge in [0, 0.05) is 15.4 Å². The third kappa shape index (κ3) is 5.48. The number of esters is 1. The van der Waals surface area contributed by atoms with Crippen molar-refractivity contribution in [2.24, 2.45) is 0 Å². The van der Waals surface area contributed by atoms with Crippen molar-refractivity contribution in [1.82, 2.24) is 5.32 Å². The normalized spacial score (nSPS) is 10.6. The number of carbonyl (C=O) groups excluding carboxylic acids is 3. The fourth-order valence-electron chi connectivity index (χ4n) is 2.81. The van der Waals surface area contributed by atoms with Gasteiger partial charge in [-0.05, 0) is 65.2 Å². The van der Waals surface area contributed by atoms with Gasteiger partial charge in [0.25, 0.3) is 5.91 Å². The second-order valence-corrected chi connectivity index (χ2v) is 7.69. The molecule has 0 fully saturated rings. The van der Waals surface area contributed by atoms with Gasteiger partial charge in [-0.25, -0.2) is 0 Å². The number of amides is 2. The van der Waals surface area contributed by atoms with Crippen molar-refractivity contribution in [3.05, 3.63) is 63.8 Å². The number of nitrogens with one attached hydrogen (secondary N) is 2. The molecule has 7 nitrogen and oxygen atoms in total. The van der Waals surface area contributed by atoms with E-state index in [-0.39, 0.29) is 13.0 Å². The molecule has 2 amide bonds. The fraction of sp³-hybridized carbons (Fsp3) is 0.227. The fourth-order valence-corrected chi connectivity index (χ4v) is 3.20. The summed E-state index contributed by atoms with van der Waals surface area (Å²) in [4.78, 5) is 35.9. The van der Waals surface area contributed by atoms with Crippen molar-refractivity contribution in [3.63, 3.8) is 0 Å². The van der Waals surface area contributed by atoms with E-state index < -0.39 is 24.4 Å². The number of hydrogen-bond acceptors (Lipinski definition) is 5. The molecule has 0 aliphatic rings. The first-order valence-electron chi connectivity index (χ1n) is 9.27. The van der Waals surface area contributed by atoms with Crippen molar-refractivity contribution in [1.29, 1.82) is 0 Å². The lowest BCUT2D eigenvalue weighted by atomic mass is 10.0. The summed E-state index contributed by atoms with van der Waals surface area (Å²) in [6.45, 7) is 3.28. The molecule has 2 N–H and O–H groups in total. The first-order chi connectivity index (χ1) is 14.3. The summed E-state index contributed by atoms with van der Waals surface area (Å²) in [7, 11) is 0. The molecule has 156 valence electrons. The van der Waals surface area contributed by atoms with Crippen LogP contribution in [-0.4, -0.2) is 30.9 Å². The number of aryl methyl sites for hydroxylation is 2. The van der Waals surface area contributed by atoms with Gasteiger partial charge in [-0.2, -0.15) is 0 Å². The predicted octanol–water partition coefficient (Wildman–Crippen LogP) is 3.65. The highest BCUT2D eigenvalue weighted by molar-refractivity contribution is 9.10. The van der Waals surface area contributed by atoms with E-state index in [9.17, 15) is 14.4 Å². The van der Waals surface area contributed by atoms with Crippen LogP contribution in [0.5, 0.6) is 0 Å². The van der Waals surface area contributed by atoms with Crippen molar-refractivity contribution in [3.8, 4) is 0 Å². The molecule has 0 atom stereocenters. The van der Waals surface area contributed by atoms with Gasteiger partial charge in [0.1, 0.15) is 5.58 Å². The SMILES string of the molecule is Cc1cc2occ(CC(=O)OCC(=O)NCC(=O)Nc3ccccc3Br)c2cc1C. The summed E-state index contributed by atoms with van der Waals surface area (Å²) < 4.78 is 11.2. The molecule has 30 heavy (non-hydrogen) atoms. The van der Waals surface area contributed by atoms with Crippen LogP contribution < -0.4 is 10.6 Å². The first kappa shape index (κ1) is 21.6. The van der Waals surface area contributed by atoms with E-state index in [1.807, 2.05) is 32.0 Å². The van der Waals surface area contributed by atoms with E-state index in [4.69, 9.17) is 9.15 Å². The number of furan rings is 1.